The fourth-order valence-electron chi connectivity index (χ4n) is 2.38. The molecule has 2 rings (SSSR count). The van der Waals surface area contributed by atoms with Gasteiger partial charge >= 0.3 is 5.97 Å². The van der Waals surface area contributed by atoms with E-state index in [2.05, 4.69) is 10.1 Å². The lowest BCUT2D eigenvalue weighted by Crippen LogP contribution is -2.49. The van der Waals surface area contributed by atoms with Crippen LogP contribution >= 0.6 is 0 Å². The summed E-state index contributed by atoms with van der Waals surface area (Å²) < 4.78 is 1.57. The highest BCUT2D eigenvalue weighted by Crippen LogP contribution is 2.23. The van der Waals surface area contributed by atoms with E-state index in [9.17, 15) is 14.7 Å². The lowest BCUT2D eigenvalue weighted by atomic mass is 9.92. The fraction of sp³-hybridized carbons (Fsp3) is 0.667. The van der Waals surface area contributed by atoms with Crippen LogP contribution in [-0.2, 0) is 16.1 Å². The highest BCUT2D eigenvalue weighted by atomic mass is 16.4. The molecular formula is C12H18N4O3. The molecule has 1 saturated heterocycles. The van der Waals surface area contributed by atoms with Crippen molar-refractivity contribution < 1.29 is 14.7 Å². The van der Waals surface area contributed by atoms with Gasteiger partial charge in [-0.25, -0.2) is 9.78 Å². The zero-order valence-electron chi connectivity index (χ0n) is 10.9. The summed E-state index contributed by atoms with van der Waals surface area (Å²) in [5.74, 6) is -0.698. The number of amides is 1. The first-order valence-electron chi connectivity index (χ1n) is 6.42. The summed E-state index contributed by atoms with van der Waals surface area (Å²) in [7, 11) is 0. The van der Waals surface area contributed by atoms with Crippen LogP contribution < -0.4 is 0 Å². The molecular weight excluding hydrogens is 248 g/mol. The Morgan fingerprint density at radius 1 is 1.47 bits per heavy atom. The van der Waals surface area contributed by atoms with Crippen LogP contribution in [0.3, 0.4) is 0 Å². The van der Waals surface area contributed by atoms with Crippen LogP contribution in [0.1, 0.15) is 26.2 Å². The van der Waals surface area contributed by atoms with E-state index in [0.29, 0.717) is 25.4 Å². The van der Waals surface area contributed by atoms with Crippen LogP contribution in [0.25, 0.3) is 0 Å². The number of hydrogen-bond acceptors (Lipinski definition) is 4. The van der Waals surface area contributed by atoms with Crippen molar-refractivity contribution in [2.24, 2.45) is 5.92 Å². The Kier molecular flexibility index (Phi) is 4.13. The normalized spacial score (nSPS) is 23.3. The van der Waals surface area contributed by atoms with Gasteiger partial charge in [0.25, 0.3) is 0 Å². The Morgan fingerprint density at radius 2 is 2.26 bits per heavy atom. The van der Waals surface area contributed by atoms with Gasteiger partial charge in [0.2, 0.25) is 5.91 Å². The van der Waals surface area contributed by atoms with Crippen LogP contribution in [-0.4, -0.2) is 49.2 Å². The summed E-state index contributed by atoms with van der Waals surface area (Å²) in [4.78, 5) is 28.6. The van der Waals surface area contributed by atoms with E-state index in [-0.39, 0.29) is 12.3 Å². The Bertz CT molecular complexity index is 446. The second-order valence-corrected chi connectivity index (χ2v) is 4.98. The summed E-state index contributed by atoms with van der Waals surface area (Å²) in [5.41, 5.74) is 0. The monoisotopic (exact) mass is 266 g/mol. The Balaban J connectivity index is 1.94. The molecule has 0 aromatic carbocycles. The van der Waals surface area contributed by atoms with Crippen LogP contribution in [0.2, 0.25) is 0 Å². The lowest BCUT2D eigenvalue weighted by molar-refractivity contribution is -0.153. The van der Waals surface area contributed by atoms with Gasteiger partial charge in [-0.2, -0.15) is 5.10 Å². The van der Waals surface area contributed by atoms with Crippen molar-refractivity contribution in [2.75, 3.05) is 6.54 Å². The Morgan fingerprint density at radius 3 is 2.89 bits per heavy atom. The van der Waals surface area contributed by atoms with Crippen LogP contribution in [0.4, 0.5) is 0 Å². The second kappa shape index (κ2) is 5.81. The summed E-state index contributed by atoms with van der Waals surface area (Å²) in [6.45, 7) is 2.97. The number of carboxylic acids is 1. The average Bonchev–Trinajstić information content (AvgIpc) is 2.88. The predicted molar refractivity (Wildman–Crippen MR) is 66.2 cm³/mol. The molecule has 1 aromatic rings. The molecule has 0 bridgehead atoms. The number of nitrogens with zero attached hydrogens (tertiary/aromatic N) is 4. The van der Waals surface area contributed by atoms with E-state index in [1.807, 2.05) is 6.92 Å². The molecule has 1 aliphatic heterocycles. The van der Waals surface area contributed by atoms with Crippen molar-refractivity contribution in [1.82, 2.24) is 19.7 Å². The van der Waals surface area contributed by atoms with E-state index in [4.69, 9.17) is 0 Å². The third kappa shape index (κ3) is 3.30. The molecule has 1 amide bonds. The first-order chi connectivity index (χ1) is 9.08. The number of aryl methyl sites for hydroxylation is 1. The van der Waals surface area contributed by atoms with Crippen LogP contribution in [0, 0.1) is 5.92 Å². The number of carbonyl (C=O) groups excluding carboxylic acids is 1. The molecule has 7 nitrogen and oxygen atoms in total. The Labute approximate surface area is 111 Å². The van der Waals surface area contributed by atoms with Crippen molar-refractivity contribution in [3.63, 3.8) is 0 Å². The maximum absolute atomic E-state index is 12.1. The summed E-state index contributed by atoms with van der Waals surface area (Å²) in [5, 5.41) is 13.1. The second-order valence-electron chi connectivity index (χ2n) is 4.98. The molecule has 2 heterocycles. The Hall–Kier alpha value is -1.92. The molecule has 0 radical (unpaired) electrons. The van der Waals surface area contributed by atoms with Crippen molar-refractivity contribution in [3.8, 4) is 0 Å². The maximum atomic E-state index is 12.1. The third-order valence-corrected chi connectivity index (χ3v) is 3.49. The molecule has 0 saturated carbocycles. The molecule has 0 spiro atoms. The van der Waals surface area contributed by atoms with Gasteiger partial charge in [-0.1, -0.05) is 6.92 Å². The number of rotatable bonds is 4. The van der Waals surface area contributed by atoms with E-state index in [1.165, 1.54) is 11.2 Å². The number of piperidine rings is 1. The van der Waals surface area contributed by atoms with Crippen molar-refractivity contribution in [2.45, 2.75) is 38.8 Å². The zero-order chi connectivity index (χ0) is 13.8. The van der Waals surface area contributed by atoms with Gasteiger partial charge in [0.15, 0.2) is 0 Å². The third-order valence-electron chi connectivity index (χ3n) is 3.49. The standard InChI is InChI=1S/C12H18N4O3/c1-9-2-5-16(10(6-9)12(18)19)11(17)3-4-15-8-13-7-14-15/h7-10H,2-6H2,1H3,(H,18,19). The highest BCUT2D eigenvalue weighted by Gasteiger charge is 2.34. The van der Waals surface area contributed by atoms with Gasteiger partial charge < -0.3 is 10.0 Å². The molecule has 0 aliphatic carbocycles. The van der Waals surface area contributed by atoms with Crippen molar-refractivity contribution in [3.05, 3.63) is 12.7 Å². The molecule has 2 unspecified atom stereocenters. The molecule has 1 N–H and O–H groups in total. The summed E-state index contributed by atoms with van der Waals surface area (Å²) in [6, 6.07) is -0.688. The minimum absolute atomic E-state index is 0.130. The van der Waals surface area contributed by atoms with Crippen molar-refractivity contribution in [1.29, 1.82) is 0 Å². The highest BCUT2D eigenvalue weighted by molar-refractivity contribution is 5.83. The number of hydrogen-bond donors (Lipinski definition) is 1. The SMILES string of the molecule is CC1CCN(C(=O)CCn2cncn2)C(C(=O)O)C1. The molecule has 1 aliphatic rings. The summed E-state index contributed by atoms with van der Waals surface area (Å²) >= 11 is 0. The fourth-order valence-corrected chi connectivity index (χ4v) is 2.38. The number of carbonyl (C=O) groups is 2. The van der Waals surface area contributed by atoms with E-state index in [0.717, 1.165) is 6.42 Å². The molecule has 1 fully saturated rings. The smallest absolute Gasteiger partial charge is 0.326 e. The van der Waals surface area contributed by atoms with Gasteiger partial charge in [0.05, 0.1) is 6.54 Å². The first kappa shape index (κ1) is 13.5. The average molecular weight is 266 g/mol. The summed E-state index contributed by atoms with van der Waals surface area (Å²) in [6.07, 6.45) is 4.60. The van der Waals surface area contributed by atoms with Gasteiger partial charge in [-0.05, 0) is 18.8 Å². The molecule has 7 heteroatoms. The van der Waals surface area contributed by atoms with Gasteiger partial charge in [-0.3, -0.25) is 9.48 Å². The predicted octanol–water partition coefficient (Wildman–Crippen LogP) is 0.380. The van der Waals surface area contributed by atoms with Crippen LogP contribution in [0.15, 0.2) is 12.7 Å². The topological polar surface area (TPSA) is 88.3 Å². The zero-order valence-corrected chi connectivity index (χ0v) is 10.9. The van der Waals surface area contributed by atoms with Gasteiger partial charge in [0.1, 0.15) is 18.7 Å². The van der Waals surface area contributed by atoms with E-state index < -0.39 is 12.0 Å². The molecule has 2 atom stereocenters. The minimum atomic E-state index is -0.916. The first-order valence-corrected chi connectivity index (χ1v) is 6.42. The largest absolute Gasteiger partial charge is 0.480 e. The molecule has 104 valence electrons. The number of aromatic nitrogens is 3. The number of likely N-dealkylation sites (tertiary alicyclic amines) is 1. The van der Waals surface area contributed by atoms with Crippen molar-refractivity contribution >= 4 is 11.9 Å². The number of aliphatic carboxylic acids is 1. The van der Waals surface area contributed by atoms with E-state index >= 15 is 0 Å². The van der Waals surface area contributed by atoms with Gasteiger partial charge in [0, 0.05) is 13.0 Å². The maximum Gasteiger partial charge on any atom is 0.326 e. The quantitative estimate of drug-likeness (QED) is 0.851. The molecule has 1 aromatic heterocycles. The lowest BCUT2D eigenvalue weighted by Gasteiger charge is -2.36. The van der Waals surface area contributed by atoms with E-state index in [1.54, 1.807) is 11.0 Å². The number of carboxylic acid groups (broad SMARTS) is 1. The molecule has 19 heavy (non-hydrogen) atoms. The van der Waals surface area contributed by atoms with Gasteiger partial charge in [-0.15, -0.1) is 0 Å². The minimum Gasteiger partial charge on any atom is -0.480 e. The van der Waals surface area contributed by atoms with Crippen LogP contribution in [0.5, 0.6) is 0 Å².